The number of nitrogens with one attached hydrogen (secondary N) is 1. The standard InChI is InChI=1S/C23H28N4O5S/c1-6-7-8-14-12-24-21-19(22(29)27(3)23(30)26(21)2)20(14)33-13-18(28)25-16-10-9-15(31-4)11-17(16)32-5/h9-12H,6-8,13H2,1-5H3,(H,25,28). The van der Waals surface area contributed by atoms with Gasteiger partial charge in [-0.2, -0.15) is 0 Å². The number of aryl methyl sites for hydroxylation is 2. The molecule has 0 spiro atoms. The average Bonchev–Trinajstić information content (AvgIpc) is 2.83. The molecule has 1 amide bonds. The number of hydrogen-bond acceptors (Lipinski definition) is 7. The molecule has 2 aromatic heterocycles. The van der Waals surface area contributed by atoms with Gasteiger partial charge < -0.3 is 14.8 Å². The van der Waals surface area contributed by atoms with E-state index in [0.717, 1.165) is 29.4 Å². The minimum Gasteiger partial charge on any atom is -0.497 e. The summed E-state index contributed by atoms with van der Waals surface area (Å²) in [5, 5.41) is 3.20. The summed E-state index contributed by atoms with van der Waals surface area (Å²) in [6, 6.07) is 5.13. The summed E-state index contributed by atoms with van der Waals surface area (Å²) >= 11 is 1.27. The number of unbranched alkanes of at least 4 members (excludes halogenated alkanes) is 1. The van der Waals surface area contributed by atoms with Crippen LogP contribution in [0.25, 0.3) is 11.0 Å². The Morgan fingerprint density at radius 3 is 2.58 bits per heavy atom. The average molecular weight is 473 g/mol. The zero-order valence-electron chi connectivity index (χ0n) is 19.4. The molecule has 0 saturated carbocycles. The number of benzene rings is 1. The van der Waals surface area contributed by atoms with Crippen molar-refractivity contribution in [1.82, 2.24) is 14.1 Å². The number of nitrogens with zero attached hydrogens (tertiary/aromatic N) is 3. The third-order valence-electron chi connectivity index (χ3n) is 5.33. The number of ether oxygens (including phenoxy) is 2. The molecule has 0 bridgehead atoms. The highest BCUT2D eigenvalue weighted by molar-refractivity contribution is 8.00. The summed E-state index contributed by atoms with van der Waals surface area (Å²) < 4.78 is 13.0. The first-order valence-corrected chi connectivity index (χ1v) is 11.5. The number of carbonyl (C=O) groups is 1. The second-order valence-electron chi connectivity index (χ2n) is 7.52. The molecule has 176 valence electrons. The zero-order chi connectivity index (χ0) is 24.1. The van der Waals surface area contributed by atoms with Crippen LogP contribution in [0.1, 0.15) is 25.3 Å². The minimum atomic E-state index is -0.443. The molecule has 0 unspecified atom stereocenters. The summed E-state index contributed by atoms with van der Waals surface area (Å²) in [6.45, 7) is 2.08. The van der Waals surface area contributed by atoms with Crippen LogP contribution in [0.15, 0.2) is 38.9 Å². The Labute approximate surface area is 195 Å². The summed E-state index contributed by atoms with van der Waals surface area (Å²) in [5.74, 6) is 0.912. The molecule has 0 atom stereocenters. The lowest BCUT2D eigenvalue weighted by molar-refractivity contribution is -0.113. The molecule has 2 heterocycles. The summed E-state index contributed by atoms with van der Waals surface area (Å²) in [7, 11) is 6.10. The number of anilines is 1. The number of methoxy groups -OCH3 is 2. The van der Waals surface area contributed by atoms with Crippen LogP contribution in [0.5, 0.6) is 11.5 Å². The van der Waals surface area contributed by atoms with Gasteiger partial charge in [0.15, 0.2) is 0 Å². The first kappa shape index (κ1) is 24.4. The Hall–Kier alpha value is -3.27. The van der Waals surface area contributed by atoms with E-state index in [9.17, 15) is 14.4 Å². The number of aromatic nitrogens is 3. The largest absolute Gasteiger partial charge is 0.497 e. The zero-order valence-corrected chi connectivity index (χ0v) is 20.2. The van der Waals surface area contributed by atoms with Crippen molar-refractivity contribution in [2.24, 2.45) is 14.1 Å². The molecule has 33 heavy (non-hydrogen) atoms. The topological polar surface area (TPSA) is 104 Å². The van der Waals surface area contributed by atoms with Gasteiger partial charge in [-0.05, 0) is 30.5 Å². The predicted octanol–water partition coefficient (Wildman–Crippen LogP) is 2.72. The van der Waals surface area contributed by atoms with Crippen molar-refractivity contribution >= 4 is 34.4 Å². The summed E-state index contributed by atoms with van der Waals surface area (Å²) in [5.41, 5.74) is 0.858. The van der Waals surface area contributed by atoms with E-state index in [1.54, 1.807) is 38.6 Å². The number of carbonyl (C=O) groups excluding carboxylic acids is 1. The van der Waals surface area contributed by atoms with E-state index < -0.39 is 11.2 Å². The van der Waals surface area contributed by atoms with Gasteiger partial charge in [0.1, 0.15) is 17.1 Å². The quantitative estimate of drug-likeness (QED) is 0.478. The van der Waals surface area contributed by atoms with Crippen LogP contribution < -0.4 is 26.0 Å². The van der Waals surface area contributed by atoms with E-state index >= 15 is 0 Å². The number of amides is 1. The molecule has 0 aliphatic carbocycles. The fourth-order valence-electron chi connectivity index (χ4n) is 3.48. The first-order chi connectivity index (χ1) is 15.8. The van der Waals surface area contributed by atoms with Crippen LogP contribution in [0.2, 0.25) is 0 Å². The van der Waals surface area contributed by atoms with Gasteiger partial charge in [0, 0.05) is 31.3 Å². The predicted molar refractivity (Wildman–Crippen MR) is 130 cm³/mol. The highest BCUT2D eigenvalue weighted by Crippen LogP contribution is 2.31. The molecule has 3 rings (SSSR count). The van der Waals surface area contributed by atoms with Crippen LogP contribution in [0.4, 0.5) is 5.69 Å². The molecule has 3 aromatic rings. The molecule has 0 radical (unpaired) electrons. The van der Waals surface area contributed by atoms with Gasteiger partial charge in [-0.1, -0.05) is 13.3 Å². The molecular formula is C23H28N4O5S. The van der Waals surface area contributed by atoms with Gasteiger partial charge in [0.05, 0.1) is 31.0 Å². The van der Waals surface area contributed by atoms with Crippen molar-refractivity contribution in [3.8, 4) is 11.5 Å². The highest BCUT2D eigenvalue weighted by Gasteiger charge is 2.19. The Morgan fingerprint density at radius 1 is 1.15 bits per heavy atom. The number of pyridine rings is 1. The number of hydrogen-bond donors (Lipinski definition) is 1. The van der Waals surface area contributed by atoms with Crippen molar-refractivity contribution in [3.63, 3.8) is 0 Å². The third kappa shape index (κ3) is 5.05. The van der Waals surface area contributed by atoms with E-state index in [-0.39, 0.29) is 11.7 Å². The molecule has 0 fully saturated rings. The number of rotatable bonds is 9. The van der Waals surface area contributed by atoms with Crippen molar-refractivity contribution in [2.75, 3.05) is 25.3 Å². The van der Waals surface area contributed by atoms with Crippen LogP contribution in [-0.4, -0.2) is 40.0 Å². The minimum absolute atomic E-state index is 0.0689. The van der Waals surface area contributed by atoms with Crippen LogP contribution in [0, 0.1) is 0 Å². The van der Waals surface area contributed by atoms with Crippen LogP contribution >= 0.6 is 11.8 Å². The lowest BCUT2D eigenvalue weighted by Gasteiger charge is -2.15. The SMILES string of the molecule is CCCCc1cnc2c(c1SCC(=O)Nc1ccc(OC)cc1OC)c(=O)n(C)c(=O)n2C. The maximum atomic E-state index is 13.0. The Kier molecular flexibility index (Phi) is 7.80. The van der Waals surface area contributed by atoms with Crippen LogP contribution in [0.3, 0.4) is 0 Å². The van der Waals surface area contributed by atoms with Crippen molar-refractivity contribution < 1.29 is 14.3 Å². The van der Waals surface area contributed by atoms with Gasteiger partial charge >= 0.3 is 5.69 Å². The fraction of sp³-hybridized carbons (Fsp3) is 0.391. The second-order valence-corrected chi connectivity index (χ2v) is 8.51. The van der Waals surface area contributed by atoms with E-state index in [0.29, 0.717) is 33.1 Å². The molecule has 0 aliphatic heterocycles. The van der Waals surface area contributed by atoms with Gasteiger partial charge in [-0.3, -0.25) is 18.7 Å². The van der Waals surface area contributed by atoms with Gasteiger partial charge in [-0.25, -0.2) is 9.78 Å². The lowest BCUT2D eigenvalue weighted by Crippen LogP contribution is -2.37. The third-order valence-corrected chi connectivity index (χ3v) is 6.49. The Bertz CT molecular complexity index is 1300. The molecule has 0 aliphatic rings. The molecule has 1 aromatic carbocycles. The summed E-state index contributed by atoms with van der Waals surface area (Å²) in [4.78, 5) is 43.2. The maximum absolute atomic E-state index is 13.0. The first-order valence-electron chi connectivity index (χ1n) is 10.5. The maximum Gasteiger partial charge on any atom is 0.332 e. The molecule has 9 nitrogen and oxygen atoms in total. The van der Waals surface area contributed by atoms with Crippen molar-refractivity contribution in [2.45, 2.75) is 31.1 Å². The number of thioether (sulfide) groups is 1. The monoisotopic (exact) mass is 472 g/mol. The highest BCUT2D eigenvalue weighted by atomic mass is 32.2. The van der Waals surface area contributed by atoms with Gasteiger partial charge in [0.25, 0.3) is 5.56 Å². The number of fused-ring (bicyclic) bond motifs is 1. The molecule has 10 heteroatoms. The van der Waals surface area contributed by atoms with Crippen LogP contribution in [-0.2, 0) is 25.3 Å². The van der Waals surface area contributed by atoms with E-state index in [4.69, 9.17) is 9.47 Å². The van der Waals surface area contributed by atoms with E-state index in [2.05, 4.69) is 17.2 Å². The van der Waals surface area contributed by atoms with E-state index in [1.165, 1.54) is 30.5 Å². The van der Waals surface area contributed by atoms with E-state index in [1.807, 2.05) is 0 Å². The lowest BCUT2D eigenvalue weighted by atomic mass is 10.1. The second kappa shape index (κ2) is 10.6. The Morgan fingerprint density at radius 2 is 1.91 bits per heavy atom. The Balaban J connectivity index is 1.95. The van der Waals surface area contributed by atoms with Gasteiger partial charge in [0.2, 0.25) is 5.91 Å². The van der Waals surface area contributed by atoms with Gasteiger partial charge in [-0.15, -0.1) is 11.8 Å². The molecule has 1 N–H and O–H groups in total. The van der Waals surface area contributed by atoms with Crippen molar-refractivity contribution in [3.05, 3.63) is 50.8 Å². The van der Waals surface area contributed by atoms with Crippen molar-refractivity contribution in [1.29, 1.82) is 0 Å². The normalized spacial score (nSPS) is 10.9. The molecule has 0 saturated heterocycles. The smallest absolute Gasteiger partial charge is 0.332 e. The summed E-state index contributed by atoms with van der Waals surface area (Å²) in [6.07, 6.45) is 4.32. The molecular weight excluding hydrogens is 444 g/mol. The fourth-order valence-corrected chi connectivity index (χ4v) is 4.49.